The molecule has 0 aliphatic carbocycles. The Bertz CT molecular complexity index is 789. The first-order valence-electron chi connectivity index (χ1n) is 7.15. The lowest BCUT2D eigenvalue weighted by Crippen LogP contribution is -1.98. The van der Waals surface area contributed by atoms with E-state index in [0.717, 1.165) is 26.0 Å². The standard InChI is InChI=1S/C18H16Br2N2/c1-12(2)16-8-7-15(11-17(16)20)22-10-9-21-18(22)13-3-5-14(19)6-4-13/h3-12H,1-2H3. The number of hydrogen-bond donors (Lipinski definition) is 0. The van der Waals surface area contributed by atoms with E-state index in [1.807, 2.05) is 24.5 Å². The van der Waals surface area contributed by atoms with Crippen LogP contribution < -0.4 is 0 Å². The predicted octanol–water partition coefficient (Wildman–Crippen LogP) is 6.19. The lowest BCUT2D eigenvalue weighted by molar-refractivity contribution is 0.859. The zero-order valence-electron chi connectivity index (χ0n) is 12.4. The molecule has 0 spiro atoms. The molecule has 0 aliphatic rings. The average molecular weight is 420 g/mol. The van der Waals surface area contributed by atoms with Crippen molar-refractivity contribution in [3.8, 4) is 17.1 Å². The Morgan fingerprint density at radius 3 is 2.36 bits per heavy atom. The minimum atomic E-state index is 0.497. The van der Waals surface area contributed by atoms with Gasteiger partial charge < -0.3 is 0 Å². The monoisotopic (exact) mass is 418 g/mol. The summed E-state index contributed by atoms with van der Waals surface area (Å²) in [5, 5.41) is 0. The van der Waals surface area contributed by atoms with Gasteiger partial charge in [0.1, 0.15) is 5.82 Å². The number of aromatic nitrogens is 2. The van der Waals surface area contributed by atoms with E-state index in [1.54, 1.807) is 0 Å². The van der Waals surface area contributed by atoms with Gasteiger partial charge in [0.2, 0.25) is 0 Å². The van der Waals surface area contributed by atoms with Gasteiger partial charge in [0.05, 0.1) is 0 Å². The second-order valence-corrected chi connectivity index (χ2v) is 7.26. The normalized spacial score (nSPS) is 11.1. The Hall–Kier alpha value is -1.39. The highest BCUT2D eigenvalue weighted by Crippen LogP contribution is 2.29. The van der Waals surface area contributed by atoms with Crippen molar-refractivity contribution in [1.29, 1.82) is 0 Å². The average Bonchev–Trinajstić information content (AvgIpc) is 2.97. The van der Waals surface area contributed by atoms with Crippen molar-refractivity contribution in [3.63, 3.8) is 0 Å². The van der Waals surface area contributed by atoms with Crippen molar-refractivity contribution in [2.75, 3.05) is 0 Å². The van der Waals surface area contributed by atoms with Crippen LogP contribution in [-0.4, -0.2) is 9.55 Å². The maximum atomic E-state index is 4.51. The van der Waals surface area contributed by atoms with Gasteiger partial charge in [-0.3, -0.25) is 4.57 Å². The first-order valence-corrected chi connectivity index (χ1v) is 8.74. The Morgan fingerprint density at radius 2 is 1.73 bits per heavy atom. The molecule has 0 unspecified atom stereocenters. The minimum Gasteiger partial charge on any atom is -0.300 e. The molecule has 0 N–H and O–H groups in total. The molecule has 0 aliphatic heterocycles. The molecule has 4 heteroatoms. The third-order valence-corrected chi connectivity index (χ3v) is 4.84. The number of hydrogen-bond acceptors (Lipinski definition) is 1. The molecule has 0 amide bonds. The number of nitrogens with zero attached hydrogens (tertiary/aromatic N) is 2. The quantitative estimate of drug-likeness (QED) is 0.494. The van der Waals surface area contributed by atoms with Crippen molar-refractivity contribution in [1.82, 2.24) is 9.55 Å². The molecule has 0 saturated carbocycles. The topological polar surface area (TPSA) is 17.8 Å². The molecule has 0 fully saturated rings. The smallest absolute Gasteiger partial charge is 0.144 e. The van der Waals surface area contributed by atoms with Gasteiger partial charge in [-0.15, -0.1) is 0 Å². The summed E-state index contributed by atoms with van der Waals surface area (Å²) in [7, 11) is 0. The molecule has 0 saturated heterocycles. The molecule has 0 bridgehead atoms. The van der Waals surface area contributed by atoms with Gasteiger partial charge in [-0.1, -0.05) is 63.9 Å². The van der Waals surface area contributed by atoms with Crippen LogP contribution in [0.15, 0.2) is 63.8 Å². The number of imidazole rings is 1. The Balaban J connectivity index is 2.05. The van der Waals surface area contributed by atoms with Gasteiger partial charge in [0.25, 0.3) is 0 Å². The number of rotatable bonds is 3. The van der Waals surface area contributed by atoms with E-state index in [-0.39, 0.29) is 0 Å². The molecule has 1 heterocycles. The van der Waals surface area contributed by atoms with Crippen molar-refractivity contribution in [2.24, 2.45) is 0 Å². The van der Waals surface area contributed by atoms with Gasteiger partial charge in [0, 0.05) is 32.6 Å². The zero-order chi connectivity index (χ0) is 15.7. The molecule has 2 nitrogen and oxygen atoms in total. The molecule has 112 valence electrons. The lowest BCUT2D eigenvalue weighted by atomic mass is 10.0. The van der Waals surface area contributed by atoms with Crippen molar-refractivity contribution in [3.05, 3.63) is 69.4 Å². The molecule has 3 aromatic rings. The van der Waals surface area contributed by atoms with Crippen LogP contribution in [0.5, 0.6) is 0 Å². The van der Waals surface area contributed by atoms with Crippen molar-refractivity contribution in [2.45, 2.75) is 19.8 Å². The molecule has 0 atom stereocenters. The van der Waals surface area contributed by atoms with Gasteiger partial charge in [-0.25, -0.2) is 4.98 Å². The van der Waals surface area contributed by atoms with E-state index in [0.29, 0.717) is 5.92 Å². The summed E-state index contributed by atoms with van der Waals surface area (Å²) in [6.45, 7) is 4.40. The van der Waals surface area contributed by atoms with Crippen LogP contribution in [0.1, 0.15) is 25.3 Å². The zero-order valence-corrected chi connectivity index (χ0v) is 15.6. The minimum absolute atomic E-state index is 0.497. The first-order chi connectivity index (χ1) is 10.6. The third kappa shape index (κ3) is 3.03. The number of benzene rings is 2. The highest BCUT2D eigenvalue weighted by atomic mass is 79.9. The SMILES string of the molecule is CC(C)c1ccc(-n2ccnc2-c2ccc(Br)cc2)cc1Br. The van der Waals surface area contributed by atoms with Crippen LogP contribution in [0.3, 0.4) is 0 Å². The molecular formula is C18H16Br2N2. The summed E-state index contributed by atoms with van der Waals surface area (Å²) >= 11 is 7.15. The summed E-state index contributed by atoms with van der Waals surface area (Å²) < 4.78 is 4.31. The Morgan fingerprint density at radius 1 is 1.00 bits per heavy atom. The maximum Gasteiger partial charge on any atom is 0.144 e. The van der Waals surface area contributed by atoms with E-state index in [4.69, 9.17) is 0 Å². The summed E-state index contributed by atoms with van der Waals surface area (Å²) in [6.07, 6.45) is 3.83. The second kappa shape index (κ2) is 6.39. The largest absolute Gasteiger partial charge is 0.300 e. The van der Waals surface area contributed by atoms with Crippen LogP contribution in [-0.2, 0) is 0 Å². The van der Waals surface area contributed by atoms with E-state index < -0.39 is 0 Å². The van der Waals surface area contributed by atoms with Crippen LogP contribution in [0.4, 0.5) is 0 Å². The second-order valence-electron chi connectivity index (χ2n) is 5.49. The molecular weight excluding hydrogens is 404 g/mol. The predicted molar refractivity (Wildman–Crippen MR) is 98.5 cm³/mol. The van der Waals surface area contributed by atoms with Gasteiger partial charge >= 0.3 is 0 Å². The summed E-state index contributed by atoms with van der Waals surface area (Å²) in [5.41, 5.74) is 3.51. The number of halogens is 2. The highest BCUT2D eigenvalue weighted by molar-refractivity contribution is 9.10. The summed E-state index contributed by atoms with van der Waals surface area (Å²) in [5.74, 6) is 1.44. The maximum absolute atomic E-state index is 4.51. The fourth-order valence-electron chi connectivity index (χ4n) is 2.46. The van der Waals surface area contributed by atoms with Gasteiger partial charge in [0.15, 0.2) is 0 Å². The van der Waals surface area contributed by atoms with Crippen molar-refractivity contribution < 1.29 is 0 Å². The fourth-order valence-corrected chi connectivity index (χ4v) is 3.55. The van der Waals surface area contributed by atoms with Crippen LogP contribution in [0.2, 0.25) is 0 Å². The summed E-state index contributed by atoms with van der Waals surface area (Å²) in [6, 6.07) is 14.7. The third-order valence-electron chi connectivity index (χ3n) is 3.63. The van der Waals surface area contributed by atoms with E-state index in [1.165, 1.54) is 5.56 Å². The van der Waals surface area contributed by atoms with Crippen LogP contribution in [0, 0.1) is 0 Å². The first kappa shape index (κ1) is 15.5. The van der Waals surface area contributed by atoms with E-state index in [9.17, 15) is 0 Å². The Labute approximate surface area is 147 Å². The highest BCUT2D eigenvalue weighted by Gasteiger charge is 2.10. The van der Waals surface area contributed by atoms with Crippen LogP contribution >= 0.6 is 31.9 Å². The summed E-state index contributed by atoms with van der Waals surface area (Å²) in [4.78, 5) is 4.51. The van der Waals surface area contributed by atoms with E-state index in [2.05, 4.69) is 85.6 Å². The molecule has 3 rings (SSSR count). The van der Waals surface area contributed by atoms with Gasteiger partial charge in [-0.05, 0) is 35.7 Å². The van der Waals surface area contributed by atoms with Gasteiger partial charge in [-0.2, -0.15) is 0 Å². The molecule has 2 aromatic carbocycles. The fraction of sp³-hybridized carbons (Fsp3) is 0.167. The lowest BCUT2D eigenvalue weighted by Gasteiger charge is -2.13. The van der Waals surface area contributed by atoms with Crippen LogP contribution in [0.25, 0.3) is 17.1 Å². The Kier molecular flexibility index (Phi) is 4.50. The van der Waals surface area contributed by atoms with E-state index >= 15 is 0 Å². The molecule has 22 heavy (non-hydrogen) atoms. The molecule has 0 radical (unpaired) electrons. The van der Waals surface area contributed by atoms with Crippen molar-refractivity contribution >= 4 is 31.9 Å². The molecule has 1 aromatic heterocycles.